The lowest BCUT2D eigenvalue weighted by Crippen LogP contribution is -2.37. The van der Waals surface area contributed by atoms with E-state index < -0.39 is 26.5 Å². The number of rotatable bonds is 65. The fraction of sp³-hybridized carbons (Fsp3) is 0.571. The van der Waals surface area contributed by atoms with Gasteiger partial charge in [0, 0.05) is 12.8 Å². The van der Waals surface area contributed by atoms with Gasteiger partial charge in [0.1, 0.15) is 19.8 Å². The summed E-state index contributed by atoms with van der Waals surface area (Å²) in [6.45, 7) is 4.17. The predicted molar refractivity (Wildman–Crippen MR) is 408 cm³/mol. The summed E-state index contributed by atoms with van der Waals surface area (Å²) >= 11 is 0. The highest BCUT2D eigenvalue weighted by atomic mass is 31.2. The second kappa shape index (κ2) is 71.9. The molecular formula is C84H135NO8P+. The highest BCUT2D eigenvalue weighted by Gasteiger charge is 2.27. The minimum absolute atomic E-state index is 0.0179. The number of nitrogens with zero attached hydrogens (tertiary/aromatic N) is 1. The van der Waals surface area contributed by atoms with E-state index in [-0.39, 0.29) is 32.0 Å². The van der Waals surface area contributed by atoms with Crippen molar-refractivity contribution in [1.82, 2.24) is 0 Å². The Morgan fingerprint density at radius 1 is 0.330 bits per heavy atom. The molecule has 0 radical (unpaired) electrons. The molecule has 0 amide bonds. The Bertz CT molecular complexity index is 2340. The van der Waals surface area contributed by atoms with E-state index in [4.69, 9.17) is 18.5 Å². The summed E-state index contributed by atoms with van der Waals surface area (Å²) in [4.78, 5) is 35.9. The zero-order chi connectivity index (χ0) is 68.3. The Balaban J connectivity index is 4.16. The lowest BCUT2D eigenvalue weighted by Gasteiger charge is -2.24. The van der Waals surface area contributed by atoms with Crippen LogP contribution in [0.1, 0.15) is 258 Å². The minimum Gasteiger partial charge on any atom is -0.462 e. The fourth-order valence-electron chi connectivity index (χ4n) is 9.26. The zero-order valence-corrected chi connectivity index (χ0v) is 61.0. The molecule has 0 aliphatic rings. The van der Waals surface area contributed by atoms with Crippen molar-refractivity contribution in [3.63, 3.8) is 0 Å². The number of hydrogen-bond acceptors (Lipinski definition) is 7. The van der Waals surface area contributed by atoms with E-state index in [2.05, 4.69) is 220 Å². The topological polar surface area (TPSA) is 108 Å². The summed E-state index contributed by atoms with van der Waals surface area (Å²) in [7, 11) is 1.44. The van der Waals surface area contributed by atoms with Crippen LogP contribution in [0, 0.1) is 0 Å². The number of hydrogen-bond donors (Lipinski definition) is 1. The van der Waals surface area contributed by atoms with Gasteiger partial charge in [-0.15, -0.1) is 0 Å². The van der Waals surface area contributed by atoms with Gasteiger partial charge in [-0.3, -0.25) is 18.6 Å². The monoisotopic (exact) mass is 1320 g/mol. The van der Waals surface area contributed by atoms with Crippen LogP contribution in [-0.2, 0) is 32.7 Å². The zero-order valence-electron chi connectivity index (χ0n) is 60.1. The summed E-state index contributed by atoms with van der Waals surface area (Å²) in [5.74, 6) is -0.827. The normalized spacial score (nSPS) is 14.3. The average Bonchev–Trinajstić information content (AvgIpc) is 1.56. The van der Waals surface area contributed by atoms with Gasteiger partial charge in [0.05, 0.1) is 27.7 Å². The van der Waals surface area contributed by atoms with Crippen LogP contribution in [0.5, 0.6) is 0 Å². The second-order valence-electron chi connectivity index (χ2n) is 24.9. The van der Waals surface area contributed by atoms with E-state index in [9.17, 15) is 19.0 Å². The number of phosphoric ester groups is 1. The SMILES string of the molecule is CC/C=C\C/C=C\C/C=C\C/C=C\C/C=C\C/C=C\C/C=C\C/C=C\C/C=C\CCCCCCCCCCCC(=O)OC(COC(=O)CCCCCCCCCC/C=C\C/C=C\C/C=C\C/C=C\C/C=C\C/C=C\C/C=C\C/C=C\CC)COP(=O)(O)OCC[N+](C)(C)C. The van der Waals surface area contributed by atoms with Crippen molar-refractivity contribution in [2.24, 2.45) is 0 Å². The molecule has 0 bridgehead atoms. The smallest absolute Gasteiger partial charge is 0.462 e. The third-order valence-electron chi connectivity index (χ3n) is 14.8. The van der Waals surface area contributed by atoms with Gasteiger partial charge in [-0.05, 0) is 148 Å². The molecule has 94 heavy (non-hydrogen) atoms. The van der Waals surface area contributed by atoms with Gasteiger partial charge in [0.25, 0.3) is 0 Å². The number of ether oxygens (including phenoxy) is 2. The summed E-state index contributed by atoms with van der Waals surface area (Å²) < 4.78 is 34.7. The molecule has 10 heteroatoms. The molecular weight excluding hydrogens is 1180 g/mol. The molecule has 0 saturated carbocycles. The predicted octanol–water partition coefficient (Wildman–Crippen LogP) is 24.6. The number of carbonyl (C=O) groups excluding carboxylic acids is 2. The van der Waals surface area contributed by atoms with Crippen LogP contribution in [0.3, 0.4) is 0 Å². The molecule has 1 N–H and O–H groups in total. The van der Waals surface area contributed by atoms with Crippen molar-refractivity contribution in [2.75, 3.05) is 47.5 Å². The molecule has 2 atom stereocenters. The van der Waals surface area contributed by atoms with Crippen LogP contribution in [0.25, 0.3) is 0 Å². The summed E-state index contributed by atoms with van der Waals surface area (Å²) in [5, 5.41) is 0. The van der Waals surface area contributed by atoms with Gasteiger partial charge in [0.2, 0.25) is 0 Å². The van der Waals surface area contributed by atoms with Gasteiger partial charge in [0.15, 0.2) is 6.10 Å². The van der Waals surface area contributed by atoms with Crippen LogP contribution in [0.4, 0.5) is 0 Å². The summed E-state index contributed by atoms with van der Waals surface area (Å²) in [6, 6.07) is 0. The summed E-state index contributed by atoms with van der Waals surface area (Å²) in [5.41, 5.74) is 0. The third-order valence-corrected chi connectivity index (χ3v) is 15.8. The van der Waals surface area contributed by atoms with Crippen LogP contribution in [0.2, 0.25) is 0 Å². The molecule has 0 heterocycles. The standard InChI is InChI=1S/C84H134NO8P/c1-6-8-10-12-14-16-18-20-22-24-26-28-30-32-34-36-38-40-41-42-43-45-47-49-51-53-55-57-59-61-63-65-67-69-71-73-75-77-84(87)93-82(81-92-94(88,89)91-79-78-85(3,4)5)80-90-83(86)76-74-72-70-68-66-64-62-60-58-56-54-52-50-48-46-44-39-37-35-33-31-29-27-25-23-21-19-17-15-13-11-9-7-2/h8-11,14-17,20-23,26-29,32-35,38-40,42-44,47-50,53-56,82H,6-7,12-13,18-19,24-25,30-31,36-37,41,45-46,51-52,57-81H2,1-5H3/p+1/b10-8-,11-9-,16-14-,17-15-,22-20-,23-21-,28-26-,29-27-,34-32-,35-33-,40-38-,43-42-,44-39-,49-47-,50-48-,55-53-,56-54-. The Kier molecular flexibility index (Phi) is 67.7. The van der Waals surface area contributed by atoms with E-state index in [1.54, 1.807) is 0 Å². The van der Waals surface area contributed by atoms with Crippen LogP contribution < -0.4 is 0 Å². The maximum absolute atomic E-state index is 12.9. The molecule has 0 aliphatic carbocycles. The molecule has 2 unspecified atom stereocenters. The largest absolute Gasteiger partial charge is 0.472 e. The number of quaternary nitrogens is 1. The van der Waals surface area contributed by atoms with Crippen LogP contribution in [0.15, 0.2) is 207 Å². The van der Waals surface area contributed by atoms with Crippen molar-refractivity contribution in [1.29, 1.82) is 0 Å². The molecule has 0 aliphatic heterocycles. The van der Waals surface area contributed by atoms with Crippen molar-refractivity contribution in [2.45, 2.75) is 264 Å². The first-order valence-electron chi connectivity index (χ1n) is 36.8. The lowest BCUT2D eigenvalue weighted by molar-refractivity contribution is -0.870. The fourth-order valence-corrected chi connectivity index (χ4v) is 10.0. The highest BCUT2D eigenvalue weighted by Crippen LogP contribution is 2.43. The van der Waals surface area contributed by atoms with Gasteiger partial charge in [-0.2, -0.15) is 0 Å². The Hall–Kier alpha value is -5.41. The average molecular weight is 1320 g/mol. The first-order valence-corrected chi connectivity index (χ1v) is 38.3. The Labute approximate surface area is 576 Å². The number of carbonyl (C=O) groups is 2. The van der Waals surface area contributed by atoms with Crippen molar-refractivity contribution in [3.05, 3.63) is 207 Å². The molecule has 0 fully saturated rings. The molecule has 0 saturated heterocycles. The number of allylic oxidation sites excluding steroid dienone is 34. The number of esters is 2. The van der Waals surface area contributed by atoms with Gasteiger partial charge in [-0.25, -0.2) is 4.57 Å². The Morgan fingerprint density at radius 2 is 0.574 bits per heavy atom. The molecule has 9 nitrogen and oxygen atoms in total. The Morgan fingerprint density at radius 3 is 0.851 bits per heavy atom. The van der Waals surface area contributed by atoms with Gasteiger partial charge >= 0.3 is 19.8 Å². The quantitative estimate of drug-likeness (QED) is 0.0211. The second-order valence-corrected chi connectivity index (χ2v) is 26.3. The van der Waals surface area contributed by atoms with Crippen molar-refractivity contribution >= 4 is 19.8 Å². The van der Waals surface area contributed by atoms with E-state index in [1.165, 1.54) is 57.8 Å². The molecule has 528 valence electrons. The van der Waals surface area contributed by atoms with Crippen molar-refractivity contribution in [3.8, 4) is 0 Å². The van der Waals surface area contributed by atoms with Crippen LogP contribution >= 0.6 is 7.82 Å². The number of unbranched alkanes of at least 4 members (excludes halogenated alkanes) is 17. The third kappa shape index (κ3) is 75.6. The highest BCUT2D eigenvalue weighted by molar-refractivity contribution is 7.47. The molecule has 0 spiro atoms. The first kappa shape index (κ1) is 88.6. The van der Waals surface area contributed by atoms with Crippen molar-refractivity contribution < 1.29 is 42.1 Å². The number of phosphoric acid groups is 1. The first-order chi connectivity index (χ1) is 46.0. The molecule has 0 aromatic carbocycles. The lowest BCUT2D eigenvalue weighted by atomic mass is 10.1. The van der Waals surface area contributed by atoms with E-state index in [0.717, 1.165) is 167 Å². The van der Waals surface area contributed by atoms with E-state index >= 15 is 0 Å². The van der Waals surface area contributed by atoms with E-state index in [1.807, 2.05) is 21.1 Å². The van der Waals surface area contributed by atoms with Crippen LogP contribution in [-0.4, -0.2) is 74.9 Å². The maximum Gasteiger partial charge on any atom is 0.472 e. The minimum atomic E-state index is -4.41. The molecule has 0 aromatic heterocycles. The maximum atomic E-state index is 12.9. The van der Waals surface area contributed by atoms with Gasteiger partial charge in [-0.1, -0.05) is 304 Å². The summed E-state index contributed by atoms with van der Waals surface area (Å²) in [6.07, 6.45) is 114. The number of likely N-dealkylation sites (N-methyl/N-ethyl adjacent to an activating group) is 1. The molecule has 0 aromatic rings. The van der Waals surface area contributed by atoms with Gasteiger partial charge < -0.3 is 18.9 Å². The molecule has 0 rings (SSSR count). The van der Waals surface area contributed by atoms with E-state index in [0.29, 0.717) is 17.4 Å².